The Kier molecular flexibility index (Phi) is 4.45. The molecule has 6 heteroatoms. The Bertz CT molecular complexity index is 1600. The Morgan fingerprint density at radius 2 is 1.38 bits per heavy atom. The lowest BCUT2D eigenvalue weighted by Crippen LogP contribution is -1.95. The highest BCUT2D eigenvalue weighted by molar-refractivity contribution is 6.22. The molecule has 4 aromatic carbocycles. The van der Waals surface area contributed by atoms with Crippen molar-refractivity contribution in [2.24, 2.45) is 0 Å². The van der Waals surface area contributed by atoms with E-state index in [9.17, 15) is 14.9 Å². The SMILES string of the molecule is O=C1c2ccccc2-c2ccc(-c3nc(-c4cccc([N+](=O)[O-])c4)[nH]c3-c3ccccc3)cc21. The van der Waals surface area contributed by atoms with Gasteiger partial charge < -0.3 is 4.98 Å². The van der Waals surface area contributed by atoms with E-state index in [1.807, 2.05) is 72.8 Å². The summed E-state index contributed by atoms with van der Waals surface area (Å²) in [5.74, 6) is 0.524. The van der Waals surface area contributed by atoms with Crippen molar-refractivity contribution in [3.05, 3.63) is 118 Å². The number of nitrogens with one attached hydrogen (secondary N) is 1. The van der Waals surface area contributed by atoms with E-state index < -0.39 is 4.92 Å². The molecule has 0 bridgehead atoms. The fourth-order valence-corrected chi connectivity index (χ4v) is 4.47. The minimum absolute atomic E-state index is 0.00222. The minimum Gasteiger partial charge on any atom is -0.337 e. The number of carbonyl (C=O) groups is 1. The molecule has 0 saturated carbocycles. The van der Waals surface area contributed by atoms with Crippen molar-refractivity contribution in [1.82, 2.24) is 9.97 Å². The van der Waals surface area contributed by atoms with Crippen LogP contribution in [0.4, 0.5) is 5.69 Å². The number of aromatic amines is 1. The first-order valence-electron chi connectivity index (χ1n) is 10.8. The zero-order valence-corrected chi connectivity index (χ0v) is 17.9. The number of benzene rings is 4. The van der Waals surface area contributed by atoms with Gasteiger partial charge in [-0.05, 0) is 17.2 Å². The third-order valence-electron chi connectivity index (χ3n) is 6.10. The first-order chi connectivity index (χ1) is 16.6. The molecule has 0 fully saturated rings. The largest absolute Gasteiger partial charge is 0.337 e. The number of fused-ring (bicyclic) bond motifs is 3. The molecule has 0 radical (unpaired) electrons. The van der Waals surface area contributed by atoms with Crippen LogP contribution in [0.2, 0.25) is 0 Å². The number of hydrogen-bond donors (Lipinski definition) is 1. The molecule has 0 aliphatic heterocycles. The summed E-state index contributed by atoms with van der Waals surface area (Å²) in [7, 11) is 0. The van der Waals surface area contributed by atoms with Crippen LogP contribution >= 0.6 is 0 Å². The Morgan fingerprint density at radius 1 is 0.676 bits per heavy atom. The number of nitro groups is 1. The van der Waals surface area contributed by atoms with Crippen LogP contribution in [0.5, 0.6) is 0 Å². The van der Waals surface area contributed by atoms with Gasteiger partial charge in [-0.1, -0.05) is 78.9 Å². The summed E-state index contributed by atoms with van der Waals surface area (Å²) in [5, 5.41) is 11.3. The van der Waals surface area contributed by atoms with E-state index in [2.05, 4.69) is 4.98 Å². The minimum atomic E-state index is -0.421. The Morgan fingerprint density at radius 3 is 2.18 bits per heavy atom. The second-order valence-electron chi connectivity index (χ2n) is 8.12. The Hall–Kier alpha value is -4.84. The predicted molar refractivity (Wildman–Crippen MR) is 130 cm³/mol. The molecule has 6 nitrogen and oxygen atoms in total. The number of imidazole rings is 1. The lowest BCUT2D eigenvalue weighted by atomic mass is 9.99. The summed E-state index contributed by atoms with van der Waals surface area (Å²) >= 11 is 0. The highest BCUT2D eigenvalue weighted by Gasteiger charge is 2.27. The summed E-state index contributed by atoms with van der Waals surface area (Å²) in [6.45, 7) is 0. The molecule has 0 atom stereocenters. The number of carbonyl (C=O) groups excluding carboxylic acids is 1. The summed E-state index contributed by atoms with van der Waals surface area (Å²) in [4.78, 5) is 32.1. The van der Waals surface area contributed by atoms with Gasteiger partial charge in [-0.3, -0.25) is 14.9 Å². The molecule has 1 aliphatic carbocycles. The van der Waals surface area contributed by atoms with Gasteiger partial charge in [-0.25, -0.2) is 4.98 Å². The Labute approximate surface area is 194 Å². The molecule has 0 spiro atoms. The molecular weight excluding hydrogens is 426 g/mol. The molecule has 162 valence electrons. The van der Waals surface area contributed by atoms with E-state index in [1.165, 1.54) is 12.1 Å². The van der Waals surface area contributed by atoms with Gasteiger partial charge >= 0.3 is 0 Å². The van der Waals surface area contributed by atoms with Crippen molar-refractivity contribution in [1.29, 1.82) is 0 Å². The lowest BCUT2D eigenvalue weighted by Gasteiger charge is -2.06. The van der Waals surface area contributed by atoms with Gasteiger partial charge in [0.15, 0.2) is 5.78 Å². The van der Waals surface area contributed by atoms with Crippen molar-refractivity contribution in [2.45, 2.75) is 0 Å². The molecule has 1 aliphatic rings. The molecule has 1 heterocycles. The van der Waals surface area contributed by atoms with Gasteiger partial charge in [0.25, 0.3) is 5.69 Å². The van der Waals surface area contributed by atoms with Crippen LogP contribution in [0.3, 0.4) is 0 Å². The van der Waals surface area contributed by atoms with Crippen LogP contribution in [0, 0.1) is 10.1 Å². The van der Waals surface area contributed by atoms with Crippen molar-refractivity contribution in [2.75, 3.05) is 0 Å². The molecular formula is C28H17N3O3. The van der Waals surface area contributed by atoms with Gasteiger partial charge in [0.05, 0.1) is 16.3 Å². The van der Waals surface area contributed by atoms with Gasteiger partial charge in [-0.15, -0.1) is 0 Å². The summed E-state index contributed by atoms with van der Waals surface area (Å²) in [5.41, 5.74) is 7.01. The van der Waals surface area contributed by atoms with E-state index in [0.29, 0.717) is 28.2 Å². The van der Waals surface area contributed by atoms with Crippen LogP contribution in [-0.4, -0.2) is 20.7 Å². The van der Waals surface area contributed by atoms with E-state index in [0.717, 1.165) is 27.9 Å². The number of nitro benzene ring substituents is 1. The number of hydrogen-bond acceptors (Lipinski definition) is 4. The first-order valence-corrected chi connectivity index (χ1v) is 10.8. The van der Waals surface area contributed by atoms with Crippen LogP contribution in [0.1, 0.15) is 15.9 Å². The number of ketones is 1. The quantitative estimate of drug-likeness (QED) is 0.248. The van der Waals surface area contributed by atoms with Crippen molar-refractivity contribution >= 4 is 11.5 Å². The van der Waals surface area contributed by atoms with Crippen molar-refractivity contribution in [3.63, 3.8) is 0 Å². The first kappa shape index (κ1) is 19.8. The molecule has 0 amide bonds. The van der Waals surface area contributed by atoms with Gasteiger partial charge in [0.1, 0.15) is 5.82 Å². The third-order valence-corrected chi connectivity index (χ3v) is 6.10. The number of H-pyrrole nitrogens is 1. The van der Waals surface area contributed by atoms with Crippen molar-refractivity contribution in [3.8, 4) is 45.0 Å². The molecule has 0 saturated heterocycles. The fourth-order valence-electron chi connectivity index (χ4n) is 4.47. The van der Waals surface area contributed by atoms with Crippen LogP contribution in [0.15, 0.2) is 97.1 Å². The van der Waals surface area contributed by atoms with E-state index in [-0.39, 0.29) is 11.5 Å². The summed E-state index contributed by atoms with van der Waals surface area (Å²) < 4.78 is 0. The molecule has 1 N–H and O–H groups in total. The van der Waals surface area contributed by atoms with Gasteiger partial charge in [-0.2, -0.15) is 0 Å². The summed E-state index contributed by atoms with van der Waals surface area (Å²) in [6.07, 6.45) is 0. The fraction of sp³-hybridized carbons (Fsp3) is 0. The normalized spacial score (nSPS) is 11.8. The Balaban J connectivity index is 1.52. The second kappa shape index (κ2) is 7.64. The smallest absolute Gasteiger partial charge is 0.270 e. The van der Waals surface area contributed by atoms with E-state index in [4.69, 9.17) is 4.98 Å². The predicted octanol–water partition coefficient (Wildman–Crippen LogP) is 6.53. The monoisotopic (exact) mass is 443 g/mol. The average Bonchev–Trinajstić information content (AvgIpc) is 3.45. The maximum atomic E-state index is 13.1. The maximum absolute atomic E-state index is 13.1. The standard InChI is InChI=1S/C28H17N3O3/c32-27-23-12-5-4-11-21(23)22-14-13-18(16-24(22)27)26-25(17-7-2-1-3-8-17)29-28(30-26)19-9-6-10-20(15-19)31(33)34/h1-16H,(H,29,30). The number of non-ortho nitro benzene ring substituents is 1. The number of rotatable bonds is 4. The number of nitrogens with zero attached hydrogens (tertiary/aromatic N) is 2. The van der Waals surface area contributed by atoms with Crippen LogP contribution in [-0.2, 0) is 0 Å². The van der Waals surface area contributed by atoms with Crippen LogP contribution < -0.4 is 0 Å². The third kappa shape index (κ3) is 3.12. The molecule has 0 unspecified atom stereocenters. The van der Waals surface area contributed by atoms with E-state index >= 15 is 0 Å². The highest BCUT2D eigenvalue weighted by atomic mass is 16.6. The summed E-state index contributed by atoms with van der Waals surface area (Å²) in [6, 6.07) is 29.6. The average molecular weight is 443 g/mol. The van der Waals surface area contributed by atoms with E-state index in [1.54, 1.807) is 12.1 Å². The maximum Gasteiger partial charge on any atom is 0.270 e. The highest BCUT2D eigenvalue weighted by Crippen LogP contribution is 2.40. The van der Waals surface area contributed by atoms with Crippen molar-refractivity contribution < 1.29 is 9.72 Å². The molecule has 1 aromatic heterocycles. The second-order valence-corrected chi connectivity index (χ2v) is 8.12. The molecule has 6 rings (SSSR count). The lowest BCUT2D eigenvalue weighted by molar-refractivity contribution is -0.384. The van der Waals surface area contributed by atoms with Gasteiger partial charge in [0.2, 0.25) is 0 Å². The number of aromatic nitrogens is 2. The van der Waals surface area contributed by atoms with Gasteiger partial charge in [0, 0.05) is 39.9 Å². The molecule has 5 aromatic rings. The zero-order valence-electron chi connectivity index (χ0n) is 17.9. The van der Waals surface area contributed by atoms with Crippen LogP contribution in [0.25, 0.3) is 45.0 Å². The molecule has 34 heavy (non-hydrogen) atoms. The zero-order chi connectivity index (χ0) is 23.2. The topological polar surface area (TPSA) is 88.9 Å².